The molecule has 1 fully saturated rings. The Morgan fingerprint density at radius 2 is 2.04 bits per heavy atom. The van der Waals surface area contributed by atoms with Gasteiger partial charge in [-0.15, -0.1) is 0 Å². The molecule has 0 radical (unpaired) electrons. The second-order valence-corrected chi connectivity index (χ2v) is 8.87. The summed E-state index contributed by atoms with van der Waals surface area (Å²) in [6, 6.07) is 8.13. The fourth-order valence-corrected chi connectivity index (χ4v) is 5.78. The van der Waals surface area contributed by atoms with Crippen LogP contribution in [0.2, 0.25) is 5.02 Å². The van der Waals surface area contributed by atoms with Crippen LogP contribution in [0.5, 0.6) is 0 Å². The highest BCUT2D eigenvalue weighted by Crippen LogP contribution is 2.31. The molecule has 1 aromatic carbocycles. The van der Waals surface area contributed by atoms with Crippen molar-refractivity contribution < 1.29 is 8.42 Å². The van der Waals surface area contributed by atoms with Crippen LogP contribution >= 0.6 is 11.6 Å². The smallest absolute Gasteiger partial charge is 0.281 e. The van der Waals surface area contributed by atoms with Gasteiger partial charge < -0.3 is 4.40 Å². The Labute approximate surface area is 156 Å². The predicted octanol–water partition coefficient (Wildman–Crippen LogP) is 3.06. The Morgan fingerprint density at radius 1 is 1.23 bits per heavy atom. The Hall–Kier alpha value is -1.96. The normalized spacial score (nSPS) is 19.2. The first-order valence-corrected chi connectivity index (χ1v) is 10.3. The number of benzene rings is 1. The van der Waals surface area contributed by atoms with Crippen molar-refractivity contribution in [1.82, 2.24) is 13.7 Å². The number of nitrogens with zero attached hydrogens (tertiary/aromatic N) is 3. The van der Waals surface area contributed by atoms with Gasteiger partial charge in [-0.1, -0.05) is 24.1 Å². The molecule has 0 spiro atoms. The van der Waals surface area contributed by atoms with Crippen LogP contribution in [0.3, 0.4) is 0 Å². The molecule has 136 valence electrons. The van der Waals surface area contributed by atoms with Gasteiger partial charge in [-0.05, 0) is 44.0 Å². The van der Waals surface area contributed by atoms with Gasteiger partial charge in [-0.25, -0.2) is 8.42 Å². The lowest BCUT2D eigenvalue weighted by Gasteiger charge is -2.32. The standard InChI is InChI=1S/C18H18ClN3O3S/c1-12-6-2-5-9-22(12)26(24,25)16-10-13-15(11-14(16)19)21-8-4-3-7-17(21)20-18(13)23/h3-4,7-8,10-12H,2,5-6,9H2,1H3/t12-/m1/s1. The van der Waals surface area contributed by atoms with E-state index < -0.39 is 15.6 Å². The van der Waals surface area contributed by atoms with Crippen molar-refractivity contribution in [2.75, 3.05) is 6.54 Å². The maximum Gasteiger partial charge on any atom is 0.281 e. The molecule has 0 saturated carbocycles. The maximum absolute atomic E-state index is 13.1. The molecule has 0 N–H and O–H groups in total. The van der Waals surface area contributed by atoms with E-state index in [9.17, 15) is 13.2 Å². The molecule has 3 aromatic rings. The van der Waals surface area contributed by atoms with Crippen LogP contribution in [0.25, 0.3) is 16.6 Å². The lowest BCUT2D eigenvalue weighted by atomic mass is 10.1. The number of fused-ring (bicyclic) bond motifs is 3. The molecule has 2 aromatic heterocycles. The molecule has 0 amide bonds. The van der Waals surface area contributed by atoms with Crippen LogP contribution in [0.4, 0.5) is 0 Å². The summed E-state index contributed by atoms with van der Waals surface area (Å²) >= 11 is 6.37. The Balaban J connectivity index is 1.97. The first kappa shape index (κ1) is 17.5. The van der Waals surface area contributed by atoms with Crippen LogP contribution in [0.1, 0.15) is 26.2 Å². The topological polar surface area (TPSA) is 71.8 Å². The van der Waals surface area contributed by atoms with Gasteiger partial charge in [-0.3, -0.25) is 4.79 Å². The van der Waals surface area contributed by atoms with E-state index >= 15 is 0 Å². The van der Waals surface area contributed by atoms with E-state index in [-0.39, 0.29) is 21.3 Å². The minimum absolute atomic E-state index is 0.0322. The maximum atomic E-state index is 13.1. The van der Waals surface area contributed by atoms with Crippen molar-refractivity contribution in [1.29, 1.82) is 0 Å². The summed E-state index contributed by atoms with van der Waals surface area (Å²) < 4.78 is 29.5. The van der Waals surface area contributed by atoms with Gasteiger partial charge in [0.2, 0.25) is 10.0 Å². The highest BCUT2D eigenvalue weighted by molar-refractivity contribution is 7.89. The first-order valence-electron chi connectivity index (χ1n) is 8.52. The van der Waals surface area contributed by atoms with Gasteiger partial charge in [0.05, 0.1) is 15.9 Å². The molecule has 4 rings (SSSR count). The van der Waals surface area contributed by atoms with Crippen molar-refractivity contribution >= 4 is 38.2 Å². The average molecular weight is 392 g/mol. The number of hydrogen-bond acceptors (Lipinski definition) is 4. The van der Waals surface area contributed by atoms with E-state index in [2.05, 4.69) is 4.98 Å². The highest BCUT2D eigenvalue weighted by Gasteiger charge is 2.33. The van der Waals surface area contributed by atoms with Crippen LogP contribution < -0.4 is 5.56 Å². The predicted molar refractivity (Wildman–Crippen MR) is 101 cm³/mol. The highest BCUT2D eigenvalue weighted by atomic mass is 35.5. The zero-order chi connectivity index (χ0) is 18.5. The summed E-state index contributed by atoms with van der Waals surface area (Å²) in [6.07, 6.45) is 4.42. The molecule has 1 aliphatic rings. The largest absolute Gasteiger partial charge is 0.301 e. The minimum atomic E-state index is -3.78. The molecule has 0 unspecified atom stereocenters. The average Bonchev–Trinajstić information content (AvgIpc) is 2.61. The zero-order valence-electron chi connectivity index (χ0n) is 14.2. The zero-order valence-corrected chi connectivity index (χ0v) is 15.8. The van der Waals surface area contributed by atoms with E-state index in [0.717, 1.165) is 19.3 Å². The van der Waals surface area contributed by atoms with E-state index in [4.69, 9.17) is 11.6 Å². The molecule has 0 bridgehead atoms. The van der Waals surface area contributed by atoms with Gasteiger partial charge in [0.25, 0.3) is 5.56 Å². The Kier molecular flexibility index (Phi) is 4.25. The van der Waals surface area contributed by atoms with E-state index in [0.29, 0.717) is 17.7 Å². The van der Waals surface area contributed by atoms with Crippen molar-refractivity contribution in [2.45, 2.75) is 37.1 Å². The van der Waals surface area contributed by atoms with Gasteiger partial charge in [0, 0.05) is 18.8 Å². The third-order valence-corrected chi connectivity index (χ3v) is 7.40. The lowest BCUT2D eigenvalue weighted by Crippen LogP contribution is -2.42. The van der Waals surface area contributed by atoms with Crippen LogP contribution in [0.15, 0.2) is 46.2 Å². The SMILES string of the molecule is C[C@@H]1CCCCN1S(=O)(=O)c1cc2c(=O)nc3ccccn3c2cc1Cl. The van der Waals surface area contributed by atoms with E-state index in [1.165, 1.54) is 16.4 Å². The molecular weight excluding hydrogens is 374 g/mol. The molecule has 1 atom stereocenters. The number of sulfonamides is 1. The summed E-state index contributed by atoms with van der Waals surface area (Å²) in [4.78, 5) is 16.5. The second-order valence-electron chi connectivity index (χ2n) is 6.61. The third-order valence-electron chi connectivity index (χ3n) is 4.92. The second kappa shape index (κ2) is 6.33. The summed E-state index contributed by atoms with van der Waals surface area (Å²) in [5.41, 5.74) is 0.559. The van der Waals surface area contributed by atoms with Gasteiger partial charge in [0.1, 0.15) is 10.5 Å². The summed E-state index contributed by atoms with van der Waals surface area (Å²) in [5, 5.41) is 0.347. The van der Waals surface area contributed by atoms with E-state index in [1.54, 1.807) is 22.7 Å². The summed E-state index contributed by atoms with van der Waals surface area (Å²) in [5.74, 6) is 0. The Morgan fingerprint density at radius 3 is 2.81 bits per heavy atom. The van der Waals surface area contributed by atoms with Gasteiger partial charge >= 0.3 is 0 Å². The minimum Gasteiger partial charge on any atom is -0.301 e. The number of aromatic nitrogens is 2. The molecule has 3 heterocycles. The number of rotatable bonds is 2. The summed E-state index contributed by atoms with van der Waals surface area (Å²) in [7, 11) is -3.78. The van der Waals surface area contributed by atoms with Crippen LogP contribution in [-0.2, 0) is 10.0 Å². The fourth-order valence-electron chi connectivity index (χ4n) is 3.56. The number of pyridine rings is 1. The van der Waals surface area contributed by atoms with Crippen molar-refractivity contribution in [3.63, 3.8) is 0 Å². The lowest BCUT2D eigenvalue weighted by molar-refractivity contribution is 0.268. The monoisotopic (exact) mass is 391 g/mol. The number of piperidine rings is 1. The van der Waals surface area contributed by atoms with E-state index in [1.807, 2.05) is 13.0 Å². The van der Waals surface area contributed by atoms with Crippen LogP contribution in [0, 0.1) is 0 Å². The third kappa shape index (κ3) is 2.71. The molecular formula is C18H18ClN3O3S. The van der Waals surface area contributed by atoms with Crippen molar-refractivity contribution in [3.8, 4) is 0 Å². The van der Waals surface area contributed by atoms with Crippen LogP contribution in [-0.4, -0.2) is 34.7 Å². The number of hydrogen-bond donors (Lipinski definition) is 0. The van der Waals surface area contributed by atoms with Crippen molar-refractivity contribution in [2.24, 2.45) is 0 Å². The molecule has 1 saturated heterocycles. The van der Waals surface area contributed by atoms with Gasteiger partial charge in [0.15, 0.2) is 0 Å². The Bertz CT molecular complexity index is 1170. The molecule has 26 heavy (non-hydrogen) atoms. The van der Waals surface area contributed by atoms with Crippen molar-refractivity contribution in [3.05, 3.63) is 51.9 Å². The fraction of sp³-hybridized carbons (Fsp3) is 0.333. The van der Waals surface area contributed by atoms with Gasteiger partial charge in [-0.2, -0.15) is 9.29 Å². The number of halogens is 1. The molecule has 1 aliphatic heterocycles. The quantitative estimate of drug-likeness (QED) is 0.629. The molecule has 6 nitrogen and oxygen atoms in total. The summed E-state index contributed by atoms with van der Waals surface area (Å²) in [6.45, 7) is 2.36. The first-order chi connectivity index (χ1) is 12.4. The molecule has 8 heteroatoms. The molecule has 0 aliphatic carbocycles.